The van der Waals surface area contributed by atoms with Crippen LogP contribution in [0.4, 0.5) is 13.2 Å². The van der Waals surface area contributed by atoms with Gasteiger partial charge in [-0.3, -0.25) is 9.69 Å². The van der Waals surface area contributed by atoms with Gasteiger partial charge in [0.2, 0.25) is 0 Å². The van der Waals surface area contributed by atoms with Crippen LogP contribution in [-0.2, 0) is 6.18 Å². The highest BCUT2D eigenvalue weighted by Gasteiger charge is 2.30. The summed E-state index contributed by atoms with van der Waals surface area (Å²) in [6.07, 6.45) is -2.13. The van der Waals surface area contributed by atoms with Crippen LogP contribution in [0.5, 0.6) is 0 Å². The van der Waals surface area contributed by atoms with E-state index in [1.807, 2.05) is 12.1 Å². The fourth-order valence-corrected chi connectivity index (χ4v) is 3.55. The molecular weight excluding hydrogens is 353 g/mol. The van der Waals surface area contributed by atoms with Crippen molar-refractivity contribution in [1.82, 2.24) is 10.2 Å². The predicted molar refractivity (Wildman–Crippen MR) is 98.5 cm³/mol. The van der Waals surface area contributed by atoms with Crippen LogP contribution in [0, 0.1) is 6.92 Å². The van der Waals surface area contributed by atoms with E-state index in [2.05, 4.69) is 29.3 Å². The zero-order valence-corrected chi connectivity index (χ0v) is 15.2. The first-order chi connectivity index (χ1) is 12.9. The largest absolute Gasteiger partial charge is 0.416 e. The van der Waals surface area contributed by atoms with E-state index in [1.165, 1.54) is 17.7 Å². The normalized spacial score (nSPS) is 16.3. The molecule has 0 spiro atoms. The first-order valence-electron chi connectivity index (χ1n) is 9.11. The zero-order chi connectivity index (χ0) is 19.4. The van der Waals surface area contributed by atoms with Crippen LogP contribution in [0.3, 0.4) is 0 Å². The Morgan fingerprint density at radius 3 is 2.30 bits per heavy atom. The van der Waals surface area contributed by atoms with Gasteiger partial charge in [0.1, 0.15) is 0 Å². The Hall–Kier alpha value is -2.34. The van der Waals surface area contributed by atoms with E-state index in [9.17, 15) is 18.0 Å². The average molecular weight is 376 g/mol. The number of aryl methyl sites for hydroxylation is 1. The van der Waals surface area contributed by atoms with Gasteiger partial charge < -0.3 is 5.32 Å². The van der Waals surface area contributed by atoms with Gasteiger partial charge in [-0.25, -0.2) is 0 Å². The number of alkyl halides is 3. The van der Waals surface area contributed by atoms with Gasteiger partial charge >= 0.3 is 6.18 Å². The van der Waals surface area contributed by atoms with E-state index in [4.69, 9.17) is 0 Å². The number of carbonyl (C=O) groups excluding carboxylic acids is 1. The number of carbonyl (C=O) groups is 1. The molecule has 1 aliphatic rings. The maximum Gasteiger partial charge on any atom is 0.416 e. The second-order valence-corrected chi connectivity index (χ2v) is 6.90. The summed E-state index contributed by atoms with van der Waals surface area (Å²) in [5.41, 5.74) is 1.81. The molecule has 0 saturated carbocycles. The number of benzene rings is 2. The lowest BCUT2D eigenvalue weighted by Crippen LogP contribution is -2.37. The molecule has 2 aromatic carbocycles. The lowest BCUT2D eigenvalue weighted by molar-refractivity contribution is -0.137. The Labute approximate surface area is 157 Å². The van der Waals surface area contributed by atoms with Gasteiger partial charge in [-0.05, 0) is 68.2 Å². The van der Waals surface area contributed by atoms with Gasteiger partial charge in [0.25, 0.3) is 5.91 Å². The average Bonchev–Trinajstić information content (AvgIpc) is 3.17. The van der Waals surface area contributed by atoms with E-state index >= 15 is 0 Å². The maximum atomic E-state index is 12.7. The van der Waals surface area contributed by atoms with Gasteiger partial charge in [0, 0.05) is 12.1 Å². The minimum absolute atomic E-state index is 0.0621. The molecule has 27 heavy (non-hydrogen) atoms. The summed E-state index contributed by atoms with van der Waals surface area (Å²) in [7, 11) is 0. The van der Waals surface area contributed by atoms with Crippen molar-refractivity contribution in [2.45, 2.75) is 32.0 Å². The minimum Gasteiger partial charge on any atom is -0.350 e. The van der Waals surface area contributed by atoms with E-state index in [1.54, 1.807) is 0 Å². The predicted octanol–water partition coefficient (Wildman–Crippen LogP) is 4.58. The number of hydrogen-bond donors (Lipinski definition) is 1. The van der Waals surface area contributed by atoms with Crippen molar-refractivity contribution in [3.63, 3.8) is 0 Å². The minimum atomic E-state index is -4.40. The Morgan fingerprint density at radius 1 is 1.07 bits per heavy atom. The molecule has 3 rings (SSSR count). The molecule has 1 amide bonds. The fourth-order valence-electron chi connectivity index (χ4n) is 3.55. The van der Waals surface area contributed by atoms with Crippen LogP contribution in [0.15, 0.2) is 48.5 Å². The molecule has 1 atom stereocenters. The van der Waals surface area contributed by atoms with Crippen LogP contribution >= 0.6 is 0 Å². The molecule has 3 nitrogen and oxygen atoms in total. The van der Waals surface area contributed by atoms with Crippen LogP contribution < -0.4 is 5.32 Å². The third-order valence-electron chi connectivity index (χ3n) is 5.06. The monoisotopic (exact) mass is 376 g/mol. The van der Waals surface area contributed by atoms with Gasteiger partial charge in [0.05, 0.1) is 11.6 Å². The molecule has 1 N–H and O–H groups in total. The van der Waals surface area contributed by atoms with Crippen molar-refractivity contribution in [3.05, 3.63) is 70.8 Å². The van der Waals surface area contributed by atoms with Crippen molar-refractivity contribution < 1.29 is 18.0 Å². The van der Waals surface area contributed by atoms with E-state index in [-0.39, 0.29) is 17.5 Å². The number of rotatable bonds is 5. The van der Waals surface area contributed by atoms with E-state index in [0.717, 1.165) is 43.6 Å². The molecule has 0 unspecified atom stereocenters. The third-order valence-corrected chi connectivity index (χ3v) is 5.06. The standard InChI is InChI=1S/C21H23F3N2O/c1-15-6-2-3-7-18(15)19(26-12-4-5-13-26)14-25-20(27)16-8-10-17(11-9-16)21(22,23)24/h2-3,6-11,19H,4-5,12-14H2,1H3,(H,25,27)/t19-/m0/s1. The van der Waals surface area contributed by atoms with Crippen LogP contribution in [-0.4, -0.2) is 30.4 Å². The number of nitrogens with one attached hydrogen (secondary N) is 1. The Kier molecular flexibility index (Phi) is 5.85. The summed E-state index contributed by atoms with van der Waals surface area (Å²) in [6.45, 7) is 4.44. The van der Waals surface area contributed by atoms with Gasteiger partial charge in [0.15, 0.2) is 0 Å². The molecule has 144 valence electrons. The first-order valence-corrected chi connectivity index (χ1v) is 9.11. The number of halogens is 3. The van der Waals surface area contributed by atoms with Crippen LogP contribution in [0.25, 0.3) is 0 Å². The van der Waals surface area contributed by atoms with Gasteiger partial charge in [-0.1, -0.05) is 24.3 Å². The van der Waals surface area contributed by atoms with E-state index < -0.39 is 11.7 Å². The maximum absolute atomic E-state index is 12.7. The summed E-state index contributed by atoms with van der Waals surface area (Å²) in [6, 6.07) is 12.5. The molecule has 0 bridgehead atoms. The van der Waals surface area contributed by atoms with Crippen molar-refractivity contribution in [2.75, 3.05) is 19.6 Å². The van der Waals surface area contributed by atoms with Crippen molar-refractivity contribution in [2.24, 2.45) is 0 Å². The van der Waals surface area contributed by atoms with Crippen LogP contribution in [0.2, 0.25) is 0 Å². The molecular formula is C21H23F3N2O. The summed E-state index contributed by atoms with van der Waals surface area (Å²) in [5, 5.41) is 2.90. The summed E-state index contributed by atoms with van der Waals surface area (Å²) in [4.78, 5) is 14.8. The molecule has 0 radical (unpaired) electrons. The van der Waals surface area contributed by atoms with Gasteiger partial charge in [-0.2, -0.15) is 13.2 Å². The molecule has 0 aliphatic carbocycles. The van der Waals surface area contributed by atoms with Crippen molar-refractivity contribution in [1.29, 1.82) is 0 Å². The van der Waals surface area contributed by atoms with Crippen molar-refractivity contribution >= 4 is 5.91 Å². The molecule has 1 saturated heterocycles. The highest BCUT2D eigenvalue weighted by Crippen LogP contribution is 2.29. The zero-order valence-electron chi connectivity index (χ0n) is 15.2. The molecule has 2 aromatic rings. The van der Waals surface area contributed by atoms with Crippen LogP contribution in [0.1, 0.15) is 45.9 Å². The molecule has 0 aromatic heterocycles. The molecule has 1 fully saturated rings. The lowest BCUT2D eigenvalue weighted by atomic mass is 10.00. The Morgan fingerprint density at radius 2 is 1.70 bits per heavy atom. The lowest BCUT2D eigenvalue weighted by Gasteiger charge is -2.29. The summed E-state index contributed by atoms with van der Waals surface area (Å²) in [5.74, 6) is -0.360. The molecule has 6 heteroatoms. The summed E-state index contributed by atoms with van der Waals surface area (Å²) >= 11 is 0. The number of likely N-dealkylation sites (tertiary alicyclic amines) is 1. The highest BCUT2D eigenvalue weighted by molar-refractivity contribution is 5.94. The number of nitrogens with zero attached hydrogens (tertiary/aromatic N) is 1. The topological polar surface area (TPSA) is 32.3 Å². The van der Waals surface area contributed by atoms with Gasteiger partial charge in [-0.15, -0.1) is 0 Å². The fraction of sp³-hybridized carbons (Fsp3) is 0.381. The number of hydrogen-bond acceptors (Lipinski definition) is 2. The second kappa shape index (κ2) is 8.13. The Balaban J connectivity index is 1.71. The van der Waals surface area contributed by atoms with E-state index in [0.29, 0.717) is 6.54 Å². The first kappa shape index (κ1) is 19.4. The summed E-state index contributed by atoms with van der Waals surface area (Å²) < 4.78 is 38.0. The number of amides is 1. The quantitative estimate of drug-likeness (QED) is 0.828. The SMILES string of the molecule is Cc1ccccc1[C@H](CNC(=O)c1ccc(C(F)(F)F)cc1)N1CCCC1. The smallest absolute Gasteiger partial charge is 0.350 e. The molecule has 1 aliphatic heterocycles. The molecule has 1 heterocycles. The highest BCUT2D eigenvalue weighted by atomic mass is 19.4. The second-order valence-electron chi connectivity index (χ2n) is 6.90. The Bertz CT molecular complexity index is 781. The van der Waals surface area contributed by atoms with Crippen molar-refractivity contribution in [3.8, 4) is 0 Å². The third kappa shape index (κ3) is 4.69.